The summed E-state index contributed by atoms with van der Waals surface area (Å²) in [6.45, 7) is 3.90. The summed E-state index contributed by atoms with van der Waals surface area (Å²) in [7, 11) is -3.62. The van der Waals surface area contributed by atoms with Crippen LogP contribution in [0.2, 0.25) is 0 Å². The number of nitrogens with one attached hydrogen (secondary N) is 1. The average Bonchev–Trinajstić information content (AvgIpc) is 2.40. The zero-order valence-electron chi connectivity index (χ0n) is 11.7. The van der Waals surface area contributed by atoms with Crippen LogP contribution in [-0.2, 0) is 16.4 Å². The number of hydrogen-bond donors (Lipinski definition) is 1. The summed E-state index contributed by atoms with van der Waals surface area (Å²) in [5, 5.41) is 0. The summed E-state index contributed by atoms with van der Waals surface area (Å²) in [4.78, 5) is 0.234. The number of hydrogen-bond acceptors (Lipinski definition) is 2. The summed E-state index contributed by atoms with van der Waals surface area (Å²) in [5.41, 5.74) is 2.54. The van der Waals surface area contributed by atoms with Crippen molar-refractivity contribution in [2.24, 2.45) is 0 Å². The predicted octanol–water partition coefficient (Wildman–Crippen LogP) is 4.88. The molecule has 0 radical (unpaired) electrons. The molecule has 0 aromatic heterocycles. The highest BCUT2D eigenvalue weighted by atomic mass is 79.9. The van der Waals surface area contributed by atoms with Crippen molar-refractivity contribution in [1.29, 1.82) is 0 Å². The van der Waals surface area contributed by atoms with Gasteiger partial charge in [0.2, 0.25) is 0 Å². The Morgan fingerprint density at radius 1 is 1.10 bits per heavy atom. The van der Waals surface area contributed by atoms with Crippen molar-refractivity contribution in [1.82, 2.24) is 0 Å². The lowest BCUT2D eigenvalue weighted by Gasteiger charge is -2.13. The molecule has 0 fully saturated rings. The summed E-state index contributed by atoms with van der Waals surface area (Å²) in [5.74, 6) is 0. The van der Waals surface area contributed by atoms with Gasteiger partial charge in [0.25, 0.3) is 10.0 Å². The van der Waals surface area contributed by atoms with Crippen LogP contribution in [0.3, 0.4) is 0 Å². The molecular weight excluding hydrogens is 418 g/mol. The number of aryl methyl sites for hydroxylation is 2. The van der Waals surface area contributed by atoms with Crippen LogP contribution in [0.5, 0.6) is 0 Å². The smallest absolute Gasteiger partial charge is 0.263 e. The van der Waals surface area contributed by atoms with E-state index in [2.05, 4.69) is 36.6 Å². The molecule has 0 amide bonds. The first-order valence-corrected chi connectivity index (χ1v) is 9.48. The minimum atomic E-state index is -3.62. The molecule has 0 saturated carbocycles. The van der Waals surface area contributed by atoms with E-state index in [4.69, 9.17) is 0 Å². The summed E-state index contributed by atoms with van der Waals surface area (Å²) in [6.07, 6.45) is 0.742. The highest BCUT2D eigenvalue weighted by molar-refractivity contribution is 9.10. The average molecular weight is 433 g/mol. The third-order valence-corrected chi connectivity index (χ3v) is 5.90. The van der Waals surface area contributed by atoms with Crippen molar-refractivity contribution < 1.29 is 8.42 Å². The lowest BCUT2D eigenvalue weighted by atomic mass is 10.1. The minimum absolute atomic E-state index is 0.234. The number of halogens is 2. The molecule has 6 heteroatoms. The zero-order valence-corrected chi connectivity index (χ0v) is 15.6. The van der Waals surface area contributed by atoms with Crippen LogP contribution in [0.25, 0.3) is 0 Å². The Bertz CT molecular complexity index is 773. The summed E-state index contributed by atoms with van der Waals surface area (Å²) >= 11 is 6.71. The van der Waals surface area contributed by atoms with E-state index in [1.807, 2.05) is 26.0 Å². The van der Waals surface area contributed by atoms with Gasteiger partial charge >= 0.3 is 0 Å². The monoisotopic (exact) mass is 431 g/mol. The highest BCUT2D eigenvalue weighted by Crippen LogP contribution is 2.28. The maximum atomic E-state index is 12.5. The van der Waals surface area contributed by atoms with E-state index in [0.717, 1.165) is 22.0 Å². The summed E-state index contributed by atoms with van der Waals surface area (Å²) in [6, 6.07) is 10.7. The fourth-order valence-corrected chi connectivity index (χ4v) is 4.68. The Morgan fingerprint density at radius 2 is 1.81 bits per heavy atom. The SMILES string of the molecule is CCc1cc(Br)ccc1NS(=O)(=O)c1ccc(C)cc1Br. The van der Waals surface area contributed by atoms with Gasteiger partial charge in [-0.1, -0.05) is 28.9 Å². The molecule has 0 aliphatic heterocycles. The standard InChI is InChI=1S/C15H15Br2NO2S/c1-3-11-9-12(16)5-6-14(11)18-21(19,20)15-7-4-10(2)8-13(15)17/h4-9,18H,3H2,1-2H3. The molecule has 0 aliphatic carbocycles. The number of benzene rings is 2. The Balaban J connectivity index is 2.42. The Labute approximate surface area is 142 Å². The number of rotatable bonds is 4. The van der Waals surface area contributed by atoms with Gasteiger partial charge in [-0.3, -0.25) is 4.72 Å². The van der Waals surface area contributed by atoms with Gasteiger partial charge in [-0.15, -0.1) is 0 Å². The van der Waals surface area contributed by atoms with Crippen molar-refractivity contribution in [3.05, 3.63) is 56.5 Å². The molecule has 112 valence electrons. The third kappa shape index (κ3) is 3.87. The Morgan fingerprint density at radius 3 is 2.43 bits per heavy atom. The van der Waals surface area contributed by atoms with Gasteiger partial charge in [0.1, 0.15) is 4.90 Å². The van der Waals surface area contributed by atoms with Gasteiger partial charge in [0, 0.05) is 8.95 Å². The number of anilines is 1. The van der Waals surface area contributed by atoms with Crippen LogP contribution < -0.4 is 4.72 Å². The second-order valence-electron chi connectivity index (χ2n) is 4.69. The molecule has 3 nitrogen and oxygen atoms in total. The van der Waals surface area contributed by atoms with Gasteiger partial charge in [0.15, 0.2) is 0 Å². The van der Waals surface area contributed by atoms with E-state index in [-0.39, 0.29) is 4.90 Å². The molecule has 2 rings (SSSR count). The third-order valence-electron chi connectivity index (χ3n) is 3.07. The van der Waals surface area contributed by atoms with Gasteiger partial charge in [-0.25, -0.2) is 8.42 Å². The van der Waals surface area contributed by atoms with Crippen LogP contribution in [0, 0.1) is 6.92 Å². The van der Waals surface area contributed by atoms with E-state index in [1.54, 1.807) is 24.3 Å². The fraction of sp³-hybridized carbons (Fsp3) is 0.200. The molecule has 1 N–H and O–H groups in total. The van der Waals surface area contributed by atoms with E-state index in [0.29, 0.717) is 10.2 Å². The molecule has 0 unspecified atom stereocenters. The van der Waals surface area contributed by atoms with Gasteiger partial charge in [-0.2, -0.15) is 0 Å². The second kappa shape index (κ2) is 6.50. The van der Waals surface area contributed by atoms with Crippen molar-refractivity contribution in [2.75, 3.05) is 4.72 Å². The van der Waals surface area contributed by atoms with Crippen LogP contribution >= 0.6 is 31.9 Å². The topological polar surface area (TPSA) is 46.2 Å². The summed E-state index contributed by atoms with van der Waals surface area (Å²) < 4.78 is 29.2. The number of sulfonamides is 1. The highest BCUT2D eigenvalue weighted by Gasteiger charge is 2.18. The van der Waals surface area contributed by atoms with Crippen molar-refractivity contribution in [3.8, 4) is 0 Å². The van der Waals surface area contributed by atoms with Crippen molar-refractivity contribution in [3.63, 3.8) is 0 Å². The normalized spacial score (nSPS) is 11.4. The largest absolute Gasteiger partial charge is 0.279 e. The first-order chi connectivity index (χ1) is 9.83. The van der Waals surface area contributed by atoms with E-state index in [1.165, 1.54) is 0 Å². The zero-order chi connectivity index (χ0) is 15.6. The van der Waals surface area contributed by atoms with Gasteiger partial charge < -0.3 is 0 Å². The fourth-order valence-electron chi connectivity index (χ4n) is 1.98. The quantitative estimate of drug-likeness (QED) is 0.747. The molecule has 2 aromatic rings. The molecule has 0 aliphatic rings. The molecule has 0 saturated heterocycles. The van der Waals surface area contributed by atoms with E-state index < -0.39 is 10.0 Å². The Kier molecular flexibility index (Phi) is 5.11. The van der Waals surface area contributed by atoms with Crippen molar-refractivity contribution >= 4 is 47.6 Å². The molecule has 0 atom stereocenters. The molecule has 21 heavy (non-hydrogen) atoms. The van der Waals surface area contributed by atoms with Crippen LogP contribution in [0.4, 0.5) is 5.69 Å². The molecule has 0 bridgehead atoms. The van der Waals surface area contributed by atoms with Crippen LogP contribution in [-0.4, -0.2) is 8.42 Å². The molecule has 0 heterocycles. The first kappa shape index (κ1) is 16.5. The van der Waals surface area contributed by atoms with Gasteiger partial charge in [0.05, 0.1) is 5.69 Å². The molecule has 0 spiro atoms. The lowest BCUT2D eigenvalue weighted by Crippen LogP contribution is -2.14. The maximum Gasteiger partial charge on any atom is 0.263 e. The maximum absolute atomic E-state index is 12.5. The van der Waals surface area contributed by atoms with E-state index in [9.17, 15) is 8.42 Å². The first-order valence-electron chi connectivity index (χ1n) is 6.41. The lowest BCUT2D eigenvalue weighted by molar-refractivity contribution is 0.600. The van der Waals surface area contributed by atoms with E-state index >= 15 is 0 Å². The Hall–Kier alpha value is -0.850. The second-order valence-corrected chi connectivity index (χ2v) is 8.12. The van der Waals surface area contributed by atoms with Crippen LogP contribution in [0.15, 0.2) is 50.2 Å². The van der Waals surface area contributed by atoms with Gasteiger partial charge in [-0.05, 0) is 70.7 Å². The van der Waals surface area contributed by atoms with Crippen LogP contribution in [0.1, 0.15) is 18.1 Å². The molecule has 2 aromatic carbocycles. The predicted molar refractivity (Wildman–Crippen MR) is 93.2 cm³/mol. The minimum Gasteiger partial charge on any atom is -0.279 e. The van der Waals surface area contributed by atoms with Crippen molar-refractivity contribution in [2.45, 2.75) is 25.2 Å². The molecular formula is C15H15Br2NO2S.